The van der Waals surface area contributed by atoms with Crippen LogP contribution in [0, 0.1) is 16.7 Å². The molecule has 0 radical (unpaired) electrons. The summed E-state index contributed by atoms with van der Waals surface area (Å²) in [6.07, 6.45) is 9.59. The van der Waals surface area contributed by atoms with Gasteiger partial charge < -0.3 is 4.74 Å². The van der Waals surface area contributed by atoms with Crippen molar-refractivity contribution in [3.63, 3.8) is 0 Å². The quantitative estimate of drug-likeness (QED) is 0.569. The van der Waals surface area contributed by atoms with Crippen molar-refractivity contribution in [2.75, 3.05) is 13.4 Å². The molecule has 0 saturated heterocycles. The van der Waals surface area contributed by atoms with Crippen molar-refractivity contribution in [2.24, 2.45) is 16.7 Å². The highest BCUT2D eigenvalue weighted by molar-refractivity contribution is 8.02. The first-order valence-electron chi connectivity index (χ1n) is 7.87. The fourth-order valence-corrected chi connectivity index (χ4v) is 4.10. The molecule has 23 heavy (non-hydrogen) atoms. The van der Waals surface area contributed by atoms with Gasteiger partial charge in [0.25, 0.3) is 0 Å². The van der Waals surface area contributed by atoms with Crippen molar-refractivity contribution in [1.82, 2.24) is 0 Å². The van der Waals surface area contributed by atoms with Crippen LogP contribution in [0.1, 0.15) is 39.5 Å². The van der Waals surface area contributed by atoms with Gasteiger partial charge in [-0.25, -0.2) is 0 Å². The number of carbonyl (C=O) groups is 3. The summed E-state index contributed by atoms with van der Waals surface area (Å²) in [6, 6.07) is 0. The minimum atomic E-state index is -0.657. The minimum Gasteiger partial charge on any atom is -0.469 e. The number of ketones is 2. The Balaban J connectivity index is 2.17. The molecule has 1 unspecified atom stereocenters. The zero-order chi connectivity index (χ0) is 17.3. The van der Waals surface area contributed by atoms with Crippen molar-refractivity contribution >= 4 is 29.3 Å². The number of Topliss-reactive ketones (excluding diaryl/α,β-unsaturated/α-hetero) is 2. The number of thioether (sulfide) groups is 1. The smallest absolute Gasteiger partial charge is 0.305 e. The molecule has 0 amide bonds. The van der Waals surface area contributed by atoms with Crippen LogP contribution in [0.4, 0.5) is 0 Å². The number of ether oxygens (including phenoxy) is 1. The van der Waals surface area contributed by atoms with Gasteiger partial charge >= 0.3 is 5.97 Å². The van der Waals surface area contributed by atoms with E-state index in [0.29, 0.717) is 6.42 Å². The van der Waals surface area contributed by atoms with Gasteiger partial charge in [-0.15, -0.1) is 11.8 Å². The van der Waals surface area contributed by atoms with Gasteiger partial charge in [-0.2, -0.15) is 0 Å². The molecule has 0 bridgehead atoms. The monoisotopic (exact) mass is 336 g/mol. The lowest BCUT2D eigenvalue weighted by molar-refractivity contribution is -0.147. The zero-order valence-electron chi connectivity index (χ0n) is 14.2. The fourth-order valence-electron chi connectivity index (χ4n) is 3.52. The lowest BCUT2D eigenvalue weighted by atomic mass is 9.52. The van der Waals surface area contributed by atoms with E-state index in [1.54, 1.807) is 11.8 Å². The molecular formula is C18H24O4S. The maximum Gasteiger partial charge on any atom is 0.305 e. The van der Waals surface area contributed by atoms with Crippen LogP contribution in [-0.4, -0.2) is 30.9 Å². The highest BCUT2D eigenvalue weighted by atomic mass is 32.2. The summed E-state index contributed by atoms with van der Waals surface area (Å²) in [5.41, 5.74) is -0.910. The molecule has 0 aromatic heterocycles. The third kappa shape index (κ3) is 3.16. The number of hydrogen-bond donors (Lipinski definition) is 0. The molecule has 3 atom stereocenters. The minimum absolute atomic E-state index is 0.0197. The topological polar surface area (TPSA) is 60.4 Å². The lowest BCUT2D eigenvalue weighted by Crippen LogP contribution is -2.51. The Kier molecular flexibility index (Phi) is 5.19. The standard InChI is InChI=1S/C18H24O4S/c1-17-9-8-13(14(19)5-6-15(20)22-3)16(21)18(17,2)10-7-12(11-17)23-4/h7,10-11,13H,5-6,8-9H2,1-4H3/t13?,17-,18-/m1/s1. The molecule has 0 spiro atoms. The van der Waals surface area contributed by atoms with Gasteiger partial charge in [-0.1, -0.05) is 25.2 Å². The molecule has 1 fully saturated rings. The van der Waals surface area contributed by atoms with Crippen LogP contribution in [0.25, 0.3) is 0 Å². The van der Waals surface area contributed by atoms with Crippen LogP contribution in [0.5, 0.6) is 0 Å². The predicted molar refractivity (Wildman–Crippen MR) is 90.9 cm³/mol. The highest BCUT2D eigenvalue weighted by Gasteiger charge is 2.54. The van der Waals surface area contributed by atoms with Crippen molar-refractivity contribution in [2.45, 2.75) is 39.5 Å². The number of fused-ring (bicyclic) bond motifs is 1. The van der Waals surface area contributed by atoms with Crippen LogP contribution in [-0.2, 0) is 19.1 Å². The highest BCUT2D eigenvalue weighted by Crippen LogP contribution is 2.55. The van der Waals surface area contributed by atoms with Crippen LogP contribution in [0.3, 0.4) is 0 Å². The Labute approximate surface area is 141 Å². The molecule has 2 aliphatic rings. The molecule has 2 rings (SSSR count). The Bertz CT molecular complexity index is 592. The van der Waals surface area contributed by atoms with E-state index < -0.39 is 17.3 Å². The normalized spacial score (nSPS) is 33.0. The SMILES string of the molecule is COC(=O)CCC(=O)C1CC[C@]2(C)C=C(SC)C=C[C@]2(C)C1=O. The van der Waals surface area contributed by atoms with Crippen molar-refractivity contribution in [3.05, 3.63) is 23.1 Å². The average molecular weight is 336 g/mol. The van der Waals surface area contributed by atoms with E-state index >= 15 is 0 Å². The van der Waals surface area contributed by atoms with Gasteiger partial charge in [0.15, 0.2) is 5.78 Å². The van der Waals surface area contributed by atoms with Crippen molar-refractivity contribution < 1.29 is 19.1 Å². The number of carbonyl (C=O) groups excluding carboxylic acids is 3. The van der Waals surface area contributed by atoms with Crippen LogP contribution < -0.4 is 0 Å². The molecule has 126 valence electrons. The summed E-state index contributed by atoms with van der Waals surface area (Å²) in [5, 5.41) is 0. The van der Waals surface area contributed by atoms with E-state index in [4.69, 9.17) is 0 Å². The molecule has 2 aliphatic carbocycles. The van der Waals surface area contributed by atoms with Gasteiger partial charge in [0, 0.05) is 16.7 Å². The Morgan fingerprint density at radius 3 is 2.65 bits per heavy atom. The summed E-state index contributed by atoms with van der Waals surface area (Å²) >= 11 is 1.67. The predicted octanol–water partition coefficient (Wildman–Crippen LogP) is 3.32. The van der Waals surface area contributed by atoms with Crippen LogP contribution in [0.15, 0.2) is 23.1 Å². The molecule has 0 heterocycles. The molecular weight excluding hydrogens is 312 g/mol. The third-order valence-corrected chi connectivity index (χ3v) is 6.16. The second-order valence-electron chi connectivity index (χ2n) is 6.70. The zero-order valence-corrected chi connectivity index (χ0v) is 15.0. The fraction of sp³-hybridized carbons (Fsp3) is 0.611. The van der Waals surface area contributed by atoms with Gasteiger partial charge in [0.1, 0.15) is 5.78 Å². The van der Waals surface area contributed by atoms with Crippen LogP contribution in [0.2, 0.25) is 0 Å². The number of esters is 1. The second kappa shape index (κ2) is 6.63. The van der Waals surface area contributed by atoms with Gasteiger partial charge in [-0.3, -0.25) is 14.4 Å². The van der Waals surface area contributed by atoms with E-state index in [-0.39, 0.29) is 29.8 Å². The first-order valence-corrected chi connectivity index (χ1v) is 9.10. The second-order valence-corrected chi connectivity index (χ2v) is 7.58. The average Bonchev–Trinajstić information content (AvgIpc) is 2.54. The molecule has 0 aliphatic heterocycles. The first-order chi connectivity index (χ1) is 10.8. The largest absolute Gasteiger partial charge is 0.469 e. The molecule has 5 heteroatoms. The summed E-state index contributed by atoms with van der Waals surface area (Å²) < 4.78 is 4.56. The van der Waals surface area contributed by atoms with Crippen molar-refractivity contribution in [3.8, 4) is 0 Å². The summed E-state index contributed by atoms with van der Waals surface area (Å²) in [7, 11) is 1.30. The maximum absolute atomic E-state index is 13.0. The molecule has 0 N–H and O–H groups in total. The van der Waals surface area contributed by atoms with Gasteiger partial charge in [0.05, 0.1) is 24.9 Å². The Hall–Kier alpha value is -1.36. The van der Waals surface area contributed by atoms with Crippen LogP contribution >= 0.6 is 11.8 Å². The Morgan fingerprint density at radius 1 is 1.35 bits per heavy atom. The first kappa shape index (κ1) is 18.0. The van der Waals surface area contributed by atoms with Gasteiger partial charge in [0.2, 0.25) is 0 Å². The molecule has 0 aromatic carbocycles. The van der Waals surface area contributed by atoms with E-state index in [2.05, 4.69) is 17.7 Å². The summed E-state index contributed by atoms with van der Waals surface area (Å²) in [6.45, 7) is 4.03. The summed E-state index contributed by atoms with van der Waals surface area (Å²) in [5.74, 6) is -1.18. The number of hydrogen-bond acceptors (Lipinski definition) is 5. The Morgan fingerprint density at radius 2 is 2.04 bits per heavy atom. The molecule has 0 aromatic rings. The van der Waals surface area contributed by atoms with Crippen molar-refractivity contribution in [1.29, 1.82) is 0 Å². The molecule has 4 nitrogen and oxygen atoms in total. The van der Waals surface area contributed by atoms with E-state index in [0.717, 1.165) is 11.3 Å². The van der Waals surface area contributed by atoms with E-state index in [1.807, 2.05) is 25.3 Å². The number of methoxy groups -OCH3 is 1. The maximum atomic E-state index is 13.0. The van der Waals surface area contributed by atoms with E-state index in [1.165, 1.54) is 7.11 Å². The van der Waals surface area contributed by atoms with E-state index in [9.17, 15) is 14.4 Å². The van der Waals surface area contributed by atoms with Gasteiger partial charge in [-0.05, 0) is 26.0 Å². The molecule has 1 saturated carbocycles. The lowest BCUT2D eigenvalue weighted by Gasteiger charge is -2.49. The third-order valence-electron chi connectivity index (χ3n) is 5.44. The summed E-state index contributed by atoms with van der Waals surface area (Å²) in [4.78, 5) is 37.8. The number of allylic oxidation sites excluding steroid dienone is 3. The number of rotatable bonds is 5.